The summed E-state index contributed by atoms with van der Waals surface area (Å²) in [7, 11) is 0. The zero-order valence-electron chi connectivity index (χ0n) is 11.9. The smallest absolute Gasteiger partial charge is 0.232 e. The Morgan fingerprint density at radius 1 is 1.43 bits per heavy atom. The van der Waals surface area contributed by atoms with Crippen molar-refractivity contribution in [3.05, 3.63) is 41.8 Å². The normalized spacial score (nSPS) is 15.7. The molecule has 0 spiro atoms. The monoisotopic (exact) mass is 288 g/mol. The fourth-order valence-electron chi connectivity index (χ4n) is 2.42. The van der Waals surface area contributed by atoms with Crippen molar-refractivity contribution in [1.29, 1.82) is 0 Å². The Morgan fingerprint density at radius 3 is 2.86 bits per heavy atom. The first-order valence-corrected chi connectivity index (χ1v) is 7.18. The number of carbonyl (C=O) groups is 1. The number of rotatable bonds is 5. The van der Waals surface area contributed by atoms with E-state index in [1.54, 1.807) is 24.3 Å². The molecule has 1 aliphatic rings. The summed E-state index contributed by atoms with van der Waals surface area (Å²) in [5.74, 6) is -0.0177. The molecule has 110 valence electrons. The van der Waals surface area contributed by atoms with Gasteiger partial charge in [-0.2, -0.15) is 0 Å². The van der Waals surface area contributed by atoms with Gasteiger partial charge in [0.25, 0.3) is 0 Å². The lowest BCUT2D eigenvalue weighted by molar-refractivity contribution is -0.123. The number of hydrogen-bond donors (Lipinski definition) is 1. The molecule has 5 heteroatoms. The predicted molar refractivity (Wildman–Crippen MR) is 76.1 cm³/mol. The highest BCUT2D eigenvalue weighted by molar-refractivity contribution is 5.91. The Balaban J connectivity index is 1.86. The van der Waals surface area contributed by atoms with Crippen LogP contribution in [-0.2, 0) is 10.2 Å². The van der Waals surface area contributed by atoms with Crippen molar-refractivity contribution >= 4 is 5.91 Å². The number of aromatic nitrogens is 1. The second-order valence-electron chi connectivity index (χ2n) is 5.39. The predicted octanol–water partition coefficient (Wildman–Crippen LogP) is 3.04. The SMILES string of the molecule is CCCNC(=O)C1(c2cc(-c3ccccc3F)on2)CC1. The van der Waals surface area contributed by atoms with Crippen LogP contribution in [0.25, 0.3) is 11.3 Å². The summed E-state index contributed by atoms with van der Waals surface area (Å²) < 4.78 is 19.0. The van der Waals surface area contributed by atoms with E-state index in [0.717, 1.165) is 19.3 Å². The average Bonchev–Trinajstić information content (AvgIpc) is 3.16. The Kier molecular flexibility index (Phi) is 3.49. The summed E-state index contributed by atoms with van der Waals surface area (Å²) in [6.07, 6.45) is 2.40. The number of amides is 1. The van der Waals surface area contributed by atoms with Crippen molar-refractivity contribution in [1.82, 2.24) is 10.5 Å². The van der Waals surface area contributed by atoms with Crippen LogP contribution in [0.15, 0.2) is 34.9 Å². The molecule has 21 heavy (non-hydrogen) atoms. The Hall–Kier alpha value is -2.17. The Labute approximate surface area is 122 Å². The number of halogens is 1. The second kappa shape index (κ2) is 5.31. The molecule has 1 aliphatic carbocycles. The minimum absolute atomic E-state index is 0.0160. The molecule has 0 bridgehead atoms. The molecular weight excluding hydrogens is 271 g/mol. The summed E-state index contributed by atoms with van der Waals surface area (Å²) in [5, 5.41) is 6.89. The van der Waals surface area contributed by atoms with Gasteiger partial charge in [-0.1, -0.05) is 24.2 Å². The zero-order chi connectivity index (χ0) is 14.9. The van der Waals surface area contributed by atoms with E-state index >= 15 is 0 Å². The number of benzene rings is 1. The van der Waals surface area contributed by atoms with Crippen LogP contribution >= 0.6 is 0 Å². The largest absolute Gasteiger partial charge is 0.356 e. The molecule has 4 nitrogen and oxygen atoms in total. The molecule has 1 aromatic carbocycles. The zero-order valence-corrected chi connectivity index (χ0v) is 11.9. The van der Waals surface area contributed by atoms with Gasteiger partial charge in [0.1, 0.15) is 5.82 Å². The van der Waals surface area contributed by atoms with Crippen LogP contribution in [0.4, 0.5) is 4.39 Å². The van der Waals surface area contributed by atoms with Gasteiger partial charge in [0.05, 0.1) is 16.7 Å². The Bertz CT molecular complexity index is 662. The highest BCUT2D eigenvalue weighted by atomic mass is 19.1. The lowest BCUT2D eigenvalue weighted by Gasteiger charge is -2.11. The highest BCUT2D eigenvalue weighted by Crippen LogP contribution is 2.48. The summed E-state index contributed by atoms with van der Waals surface area (Å²) in [5.41, 5.74) is 0.373. The van der Waals surface area contributed by atoms with E-state index in [9.17, 15) is 9.18 Å². The van der Waals surface area contributed by atoms with Gasteiger partial charge in [-0.15, -0.1) is 0 Å². The average molecular weight is 288 g/mol. The highest BCUT2D eigenvalue weighted by Gasteiger charge is 2.53. The maximum absolute atomic E-state index is 13.8. The lowest BCUT2D eigenvalue weighted by Crippen LogP contribution is -2.35. The van der Waals surface area contributed by atoms with Crippen LogP contribution in [0, 0.1) is 5.82 Å². The minimum atomic E-state index is -0.581. The van der Waals surface area contributed by atoms with Gasteiger partial charge >= 0.3 is 0 Å². The van der Waals surface area contributed by atoms with Gasteiger partial charge in [0.2, 0.25) is 5.91 Å². The van der Waals surface area contributed by atoms with Crippen LogP contribution in [0.1, 0.15) is 31.9 Å². The van der Waals surface area contributed by atoms with E-state index < -0.39 is 5.41 Å². The van der Waals surface area contributed by atoms with Crippen molar-refractivity contribution in [3.63, 3.8) is 0 Å². The molecule has 1 aromatic heterocycles. The van der Waals surface area contributed by atoms with E-state index in [-0.39, 0.29) is 11.7 Å². The van der Waals surface area contributed by atoms with Crippen molar-refractivity contribution < 1.29 is 13.7 Å². The molecule has 0 saturated heterocycles. The molecule has 0 radical (unpaired) electrons. The molecule has 2 aromatic rings. The summed E-state index contributed by atoms with van der Waals surface area (Å²) in [4.78, 5) is 12.2. The summed E-state index contributed by atoms with van der Waals surface area (Å²) in [6, 6.07) is 8.05. The fourth-order valence-corrected chi connectivity index (χ4v) is 2.42. The number of hydrogen-bond acceptors (Lipinski definition) is 3. The second-order valence-corrected chi connectivity index (χ2v) is 5.39. The molecule has 1 N–H and O–H groups in total. The van der Waals surface area contributed by atoms with E-state index in [1.165, 1.54) is 6.07 Å². The molecular formula is C16H17FN2O2. The topological polar surface area (TPSA) is 55.1 Å². The maximum atomic E-state index is 13.8. The molecule has 3 rings (SSSR count). The summed E-state index contributed by atoms with van der Waals surface area (Å²) >= 11 is 0. The van der Waals surface area contributed by atoms with E-state index in [4.69, 9.17) is 4.52 Å². The van der Waals surface area contributed by atoms with Crippen LogP contribution in [0.5, 0.6) is 0 Å². The van der Waals surface area contributed by atoms with Crippen LogP contribution in [0.2, 0.25) is 0 Å². The molecule has 1 saturated carbocycles. The standard InChI is InChI=1S/C16H17FN2O2/c1-2-9-18-15(20)16(7-8-16)14-10-13(21-19-14)11-5-3-4-6-12(11)17/h3-6,10H,2,7-9H2,1H3,(H,18,20). The molecule has 1 amide bonds. The van der Waals surface area contributed by atoms with Crippen molar-refractivity contribution in [2.24, 2.45) is 0 Å². The number of nitrogens with one attached hydrogen (secondary N) is 1. The first-order chi connectivity index (χ1) is 10.2. The minimum Gasteiger partial charge on any atom is -0.356 e. The van der Waals surface area contributed by atoms with Crippen molar-refractivity contribution in [2.45, 2.75) is 31.6 Å². The van der Waals surface area contributed by atoms with E-state index in [2.05, 4.69) is 10.5 Å². The summed E-state index contributed by atoms with van der Waals surface area (Å²) in [6.45, 7) is 2.66. The first kappa shape index (κ1) is 13.8. The van der Waals surface area contributed by atoms with Crippen LogP contribution in [0.3, 0.4) is 0 Å². The molecule has 0 atom stereocenters. The van der Waals surface area contributed by atoms with E-state index in [0.29, 0.717) is 23.6 Å². The number of nitrogens with zero attached hydrogens (tertiary/aromatic N) is 1. The fraction of sp³-hybridized carbons (Fsp3) is 0.375. The van der Waals surface area contributed by atoms with Gasteiger partial charge < -0.3 is 9.84 Å². The van der Waals surface area contributed by atoms with Crippen LogP contribution < -0.4 is 5.32 Å². The molecule has 0 aliphatic heterocycles. The van der Waals surface area contributed by atoms with Crippen molar-refractivity contribution in [2.75, 3.05) is 6.54 Å². The molecule has 0 unspecified atom stereocenters. The van der Waals surface area contributed by atoms with Gasteiger partial charge in [-0.3, -0.25) is 4.79 Å². The number of carbonyl (C=O) groups excluding carboxylic acids is 1. The third-order valence-electron chi connectivity index (χ3n) is 3.86. The quantitative estimate of drug-likeness (QED) is 0.920. The van der Waals surface area contributed by atoms with Gasteiger partial charge in [0.15, 0.2) is 5.76 Å². The van der Waals surface area contributed by atoms with Crippen molar-refractivity contribution in [3.8, 4) is 11.3 Å². The van der Waals surface area contributed by atoms with Gasteiger partial charge in [-0.05, 0) is 31.4 Å². The maximum Gasteiger partial charge on any atom is 0.232 e. The van der Waals surface area contributed by atoms with Gasteiger partial charge in [0, 0.05) is 12.6 Å². The third kappa shape index (κ3) is 2.44. The third-order valence-corrected chi connectivity index (χ3v) is 3.86. The lowest BCUT2D eigenvalue weighted by atomic mass is 10.00. The molecule has 1 heterocycles. The van der Waals surface area contributed by atoms with Gasteiger partial charge in [-0.25, -0.2) is 4.39 Å². The Morgan fingerprint density at radius 2 is 2.19 bits per heavy atom. The van der Waals surface area contributed by atoms with Crippen LogP contribution in [-0.4, -0.2) is 17.6 Å². The molecule has 1 fully saturated rings. The van der Waals surface area contributed by atoms with E-state index in [1.807, 2.05) is 6.92 Å². The first-order valence-electron chi connectivity index (χ1n) is 7.18.